The third kappa shape index (κ3) is 3.37. The Kier molecular flexibility index (Phi) is 4.41. The number of alkyl halides is 3. The van der Waals surface area contributed by atoms with Gasteiger partial charge in [-0.15, -0.1) is 0 Å². The number of nitrogens with one attached hydrogen (secondary N) is 1. The maximum absolute atomic E-state index is 13.0. The third-order valence-corrected chi connectivity index (χ3v) is 4.80. The van der Waals surface area contributed by atoms with Gasteiger partial charge in [-0.05, 0) is 25.0 Å². The molecule has 0 spiro atoms. The van der Waals surface area contributed by atoms with Crippen molar-refractivity contribution in [3.05, 3.63) is 76.0 Å². The van der Waals surface area contributed by atoms with E-state index in [9.17, 15) is 18.0 Å². The Labute approximate surface area is 158 Å². The monoisotopic (exact) mass is 386 g/mol. The van der Waals surface area contributed by atoms with Gasteiger partial charge in [0.05, 0.1) is 17.8 Å². The smallest absolute Gasteiger partial charge is 0.310 e. The van der Waals surface area contributed by atoms with Gasteiger partial charge >= 0.3 is 6.18 Å². The number of allylic oxidation sites excluding steroid dienone is 4. The summed E-state index contributed by atoms with van der Waals surface area (Å²) < 4.78 is 40.6. The highest BCUT2D eigenvalue weighted by Gasteiger charge is 2.38. The summed E-state index contributed by atoms with van der Waals surface area (Å²) >= 11 is 0. The van der Waals surface area contributed by atoms with Crippen LogP contribution in [0.3, 0.4) is 0 Å². The maximum Gasteiger partial charge on any atom is 0.395 e. The Morgan fingerprint density at radius 1 is 1.29 bits per heavy atom. The second-order valence-corrected chi connectivity index (χ2v) is 6.83. The van der Waals surface area contributed by atoms with Gasteiger partial charge in [-0.25, -0.2) is 9.67 Å². The highest BCUT2D eigenvalue weighted by atomic mass is 19.4. The zero-order chi connectivity index (χ0) is 19.9. The lowest BCUT2D eigenvalue weighted by atomic mass is 9.92. The fraction of sp³-hybridized carbons (Fsp3) is 0.250. The van der Waals surface area contributed by atoms with Gasteiger partial charge in [0.25, 0.3) is 5.56 Å². The summed E-state index contributed by atoms with van der Waals surface area (Å²) in [5.41, 5.74) is 2.34. The standard InChI is InChI=1S/C20H17F3N4O/c1-12-5-2-3-8-16(12)27-18-15(11-24-27)19(28)26-17(25-18)10-13-6-4-7-14(9-13)20(21,22)23/h2-8,11,14H,9-10H2,1H3,(H,25,26,28). The summed E-state index contributed by atoms with van der Waals surface area (Å²) in [7, 11) is 0. The summed E-state index contributed by atoms with van der Waals surface area (Å²) in [6, 6.07) is 7.55. The van der Waals surface area contributed by atoms with E-state index in [0.29, 0.717) is 22.4 Å². The Balaban J connectivity index is 1.71. The molecule has 4 rings (SSSR count). The minimum atomic E-state index is -4.29. The molecule has 28 heavy (non-hydrogen) atoms. The van der Waals surface area contributed by atoms with Crippen LogP contribution in [-0.2, 0) is 6.42 Å². The van der Waals surface area contributed by atoms with Crippen molar-refractivity contribution in [3.63, 3.8) is 0 Å². The highest BCUT2D eigenvalue weighted by Crippen LogP contribution is 2.35. The fourth-order valence-corrected chi connectivity index (χ4v) is 3.34. The predicted octanol–water partition coefficient (Wildman–Crippen LogP) is 4.02. The van der Waals surface area contributed by atoms with Crippen molar-refractivity contribution in [3.8, 4) is 5.69 Å². The van der Waals surface area contributed by atoms with E-state index < -0.39 is 12.1 Å². The number of rotatable bonds is 3. The lowest BCUT2D eigenvalue weighted by Gasteiger charge is -2.20. The molecule has 1 atom stereocenters. The summed E-state index contributed by atoms with van der Waals surface area (Å²) in [6.45, 7) is 1.92. The van der Waals surface area contributed by atoms with Crippen molar-refractivity contribution in [1.82, 2.24) is 19.7 Å². The van der Waals surface area contributed by atoms with Crippen molar-refractivity contribution in [2.75, 3.05) is 0 Å². The quantitative estimate of drug-likeness (QED) is 0.739. The number of aryl methyl sites for hydroxylation is 1. The Bertz CT molecular complexity index is 1150. The largest absolute Gasteiger partial charge is 0.395 e. The first-order valence-electron chi connectivity index (χ1n) is 8.79. The molecule has 8 heteroatoms. The molecule has 2 aromatic heterocycles. The number of benzene rings is 1. The van der Waals surface area contributed by atoms with E-state index in [1.807, 2.05) is 31.2 Å². The molecule has 3 aromatic rings. The van der Waals surface area contributed by atoms with Gasteiger partial charge in [0, 0.05) is 6.42 Å². The second-order valence-electron chi connectivity index (χ2n) is 6.83. The minimum absolute atomic E-state index is 0.140. The van der Waals surface area contributed by atoms with Crippen LogP contribution in [-0.4, -0.2) is 25.9 Å². The van der Waals surface area contributed by atoms with Crippen LogP contribution in [0.1, 0.15) is 17.8 Å². The van der Waals surface area contributed by atoms with Crippen LogP contribution >= 0.6 is 0 Å². The number of aromatic nitrogens is 4. The molecule has 5 nitrogen and oxygen atoms in total. The van der Waals surface area contributed by atoms with Crippen LogP contribution in [0.2, 0.25) is 0 Å². The number of aromatic amines is 1. The van der Waals surface area contributed by atoms with Gasteiger partial charge < -0.3 is 4.98 Å². The van der Waals surface area contributed by atoms with Gasteiger partial charge in [-0.1, -0.05) is 42.0 Å². The van der Waals surface area contributed by atoms with Crippen molar-refractivity contribution in [2.45, 2.75) is 25.9 Å². The summed E-state index contributed by atoms with van der Waals surface area (Å²) in [6.07, 6.45) is 1.36. The van der Waals surface area contributed by atoms with E-state index in [0.717, 1.165) is 17.3 Å². The van der Waals surface area contributed by atoms with E-state index in [1.54, 1.807) is 10.8 Å². The molecular formula is C20H17F3N4O. The first-order valence-corrected chi connectivity index (χ1v) is 8.79. The predicted molar refractivity (Wildman–Crippen MR) is 99.3 cm³/mol. The van der Waals surface area contributed by atoms with Crippen LogP contribution in [0.4, 0.5) is 13.2 Å². The minimum Gasteiger partial charge on any atom is -0.310 e. The van der Waals surface area contributed by atoms with Gasteiger partial charge in [-0.2, -0.15) is 18.3 Å². The lowest BCUT2D eigenvalue weighted by molar-refractivity contribution is -0.161. The number of hydrogen-bond donors (Lipinski definition) is 1. The molecule has 1 aliphatic rings. The molecule has 0 fully saturated rings. The molecular weight excluding hydrogens is 369 g/mol. The molecule has 1 aliphatic carbocycles. The van der Waals surface area contributed by atoms with Crippen LogP contribution in [0.15, 0.2) is 59.1 Å². The number of hydrogen-bond acceptors (Lipinski definition) is 3. The van der Waals surface area contributed by atoms with Crippen molar-refractivity contribution >= 4 is 11.0 Å². The lowest BCUT2D eigenvalue weighted by Crippen LogP contribution is -2.23. The van der Waals surface area contributed by atoms with E-state index in [4.69, 9.17) is 0 Å². The molecule has 0 amide bonds. The average molecular weight is 386 g/mol. The Hall–Kier alpha value is -3.16. The van der Waals surface area contributed by atoms with Crippen molar-refractivity contribution < 1.29 is 13.2 Å². The zero-order valence-electron chi connectivity index (χ0n) is 15.0. The number of halogens is 3. The first-order chi connectivity index (χ1) is 13.3. The second kappa shape index (κ2) is 6.78. The van der Waals surface area contributed by atoms with Crippen molar-refractivity contribution in [1.29, 1.82) is 0 Å². The third-order valence-electron chi connectivity index (χ3n) is 4.80. The molecule has 1 N–H and O–H groups in total. The van der Waals surface area contributed by atoms with Gasteiger partial charge in [0.2, 0.25) is 0 Å². The van der Waals surface area contributed by atoms with E-state index in [2.05, 4.69) is 15.1 Å². The normalized spacial score (nSPS) is 17.1. The van der Waals surface area contributed by atoms with E-state index in [1.165, 1.54) is 12.3 Å². The number of nitrogens with zero attached hydrogens (tertiary/aromatic N) is 3. The van der Waals surface area contributed by atoms with Gasteiger partial charge in [-0.3, -0.25) is 4.79 Å². The summed E-state index contributed by atoms with van der Waals surface area (Å²) in [5.74, 6) is -1.20. The Morgan fingerprint density at radius 2 is 2.07 bits per heavy atom. The SMILES string of the molecule is Cc1ccccc1-n1ncc2c(=O)[nH]c(CC3=CC=CC(C(F)(F)F)C3)nc21. The fourth-order valence-electron chi connectivity index (χ4n) is 3.34. The van der Waals surface area contributed by atoms with Gasteiger partial charge in [0.15, 0.2) is 5.65 Å². The molecule has 0 aliphatic heterocycles. The van der Waals surface area contributed by atoms with E-state index >= 15 is 0 Å². The molecule has 0 saturated carbocycles. The van der Waals surface area contributed by atoms with Crippen molar-refractivity contribution in [2.24, 2.45) is 5.92 Å². The van der Waals surface area contributed by atoms with Crippen LogP contribution in [0.5, 0.6) is 0 Å². The van der Waals surface area contributed by atoms with Crippen LogP contribution in [0.25, 0.3) is 16.7 Å². The summed E-state index contributed by atoms with van der Waals surface area (Å²) in [5, 5.41) is 4.61. The van der Waals surface area contributed by atoms with Crippen LogP contribution in [0, 0.1) is 12.8 Å². The molecule has 0 radical (unpaired) electrons. The maximum atomic E-state index is 13.0. The van der Waals surface area contributed by atoms with E-state index in [-0.39, 0.29) is 18.4 Å². The molecule has 0 saturated heterocycles. The molecule has 1 unspecified atom stereocenters. The van der Waals surface area contributed by atoms with Gasteiger partial charge in [0.1, 0.15) is 11.2 Å². The number of fused-ring (bicyclic) bond motifs is 1. The highest BCUT2D eigenvalue weighted by molar-refractivity contribution is 5.75. The Morgan fingerprint density at radius 3 is 2.82 bits per heavy atom. The molecule has 1 aromatic carbocycles. The molecule has 2 heterocycles. The summed E-state index contributed by atoms with van der Waals surface area (Å²) in [4.78, 5) is 19.6. The topological polar surface area (TPSA) is 63.6 Å². The molecule has 144 valence electrons. The number of H-pyrrole nitrogens is 1. The zero-order valence-corrected chi connectivity index (χ0v) is 15.0. The first kappa shape index (κ1) is 18.2. The number of para-hydroxylation sites is 1. The van der Waals surface area contributed by atoms with Crippen LogP contribution < -0.4 is 5.56 Å². The average Bonchev–Trinajstić information content (AvgIpc) is 3.06. The molecule has 0 bridgehead atoms.